The average molecular weight is 547 g/mol. The van der Waals surface area contributed by atoms with Crippen molar-refractivity contribution in [3.8, 4) is 34.0 Å². The van der Waals surface area contributed by atoms with Crippen molar-refractivity contribution in [2.45, 2.75) is 25.8 Å². The first kappa shape index (κ1) is 27.4. The molecule has 1 atom stereocenters. The van der Waals surface area contributed by atoms with E-state index < -0.39 is 36.1 Å². The van der Waals surface area contributed by atoms with Crippen molar-refractivity contribution < 1.29 is 34.8 Å². The molecule has 0 fully saturated rings. The van der Waals surface area contributed by atoms with Gasteiger partial charge in [0.05, 0.1) is 28.9 Å². The van der Waals surface area contributed by atoms with E-state index in [2.05, 4.69) is 15.3 Å². The first-order chi connectivity index (χ1) is 18.9. The van der Waals surface area contributed by atoms with Crippen LogP contribution in [0, 0.1) is 12.3 Å². The number of phenols is 2. The Labute approximate surface area is 226 Å². The second-order valence-electron chi connectivity index (χ2n) is 9.17. The van der Waals surface area contributed by atoms with Crippen molar-refractivity contribution in [1.29, 1.82) is 5.41 Å². The predicted octanol–water partition coefficient (Wildman–Crippen LogP) is 2.71. The molecule has 0 saturated carbocycles. The van der Waals surface area contributed by atoms with E-state index in [1.807, 2.05) is 0 Å². The molecule has 0 spiro atoms. The molecule has 0 aliphatic heterocycles. The molecule has 1 aromatic heterocycles. The Morgan fingerprint density at radius 1 is 1.05 bits per heavy atom. The zero-order valence-corrected chi connectivity index (χ0v) is 21.1. The average Bonchev–Trinajstić information content (AvgIpc) is 3.30. The lowest BCUT2D eigenvalue weighted by Gasteiger charge is -2.23. The van der Waals surface area contributed by atoms with E-state index in [4.69, 9.17) is 16.9 Å². The van der Waals surface area contributed by atoms with E-state index in [0.29, 0.717) is 22.2 Å². The van der Waals surface area contributed by atoms with Gasteiger partial charge in [0.15, 0.2) is 0 Å². The van der Waals surface area contributed by atoms with E-state index in [1.165, 1.54) is 12.1 Å². The second kappa shape index (κ2) is 10.6. The molecule has 2 amide bonds. The summed E-state index contributed by atoms with van der Waals surface area (Å²) in [5, 5.41) is 51.9. The van der Waals surface area contributed by atoms with Crippen LogP contribution in [0.4, 0.5) is 4.79 Å². The number of hydrogen-bond donors (Lipinski definition) is 9. The molecule has 13 nitrogen and oxygen atoms in total. The highest BCUT2D eigenvalue weighted by atomic mass is 16.4. The van der Waals surface area contributed by atoms with E-state index in [-0.39, 0.29) is 51.8 Å². The fourth-order valence-electron chi connectivity index (χ4n) is 4.54. The number of amidine groups is 1. The third-order valence-corrected chi connectivity index (χ3v) is 6.40. The molecule has 3 aromatic carbocycles. The van der Waals surface area contributed by atoms with Gasteiger partial charge in [-0.25, -0.2) is 9.78 Å². The number of primary amides is 1. The van der Waals surface area contributed by atoms with Gasteiger partial charge in [0, 0.05) is 23.2 Å². The predicted molar refractivity (Wildman–Crippen MR) is 145 cm³/mol. The maximum Gasteiger partial charge on any atom is 0.312 e. The Morgan fingerprint density at radius 3 is 2.40 bits per heavy atom. The first-order valence-corrected chi connectivity index (χ1v) is 11.9. The number of nitrogen functional groups attached to an aromatic ring is 1. The van der Waals surface area contributed by atoms with Gasteiger partial charge in [-0.3, -0.25) is 15.0 Å². The number of rotatable bonds is 9. The number of carboxylic acids is 2. The molecular weight excluding hydrogens is 520 g/mol. The minimum absolute atomic E-state index is 0.00550. The summed E-state index contributed by atoms with van der Waals surface area (Å²) in [6.45, 7) is 1.36. The molecule has 4 aromatic rings. The summed E-state index contributed by atoms with van der Waals surface area (Å²) in [5.74, 6) is -5.23. The molecule has 0 bridgehead atoms. The van der Waals surface area contributed by atoms with Crippen LogP contribution in [-0.4, -0.2) is 54.2 Å². The number of nitrogens with two attached hydrogens (primary N) is 2. The van der Waals surface area contributed by atoms with Gasteiger partial charge < -0.3 is 42.2 Å². The lowest BCUT2D eigenvalue weighted by molar-refractivity contribution is -0.145. The number of aromatic nitrogens is 2. The summed E-state index contributed by atoms with van der Waals surface area (Å²) in [4.78, 5) is 43.1. The van der Waals surface area contributed by atoms with Crippen LogP contribution in [-0.2, 0) is 16.1 Å². The molecule has 40 heavy (non-hydrogen) atoms. The Balaban J connectivity index is 2.11. The number of nitrogens with zero attached hydrogens (tertiary/aromatic N) is 1. The number of nitrogens with one attached hydrogen (secondary N) is 3. The number of aromatic amines is 1. The monoisotopic (exact) mass is 546 g/mol. The summed E-state index contributed by atoms with van der Waals surface area (Å²) in [6.07, 6.45) is -0.815. The SMILES string of the molecule is Cc1ccc(O)c(-c2c(O)c(-c3nc4ccc(C(=N)N)cc4[nH]3)cc(C(CC(=O)O)C(=O)O)c2CNC(N)=O)c1. The van der Waals surface area contributed by atoms with Gasteiger partial charge in [-0.15, -0.1) is 0 Å². The molecule has 0 aliphatic carbocycles. The van der Waals surface area contributed by atoms with Gasteiger partial charge in [-0.1, -0.05) is 11.6 Å². The third kappa shape index (κ3) is 5.34. The Bertz CT molecular complexity index is 1690. The van der Waals surface area contributed by atoms with Crippen molar-refractivity contribution >= 4 is 34.8 Å². The lowest BCUT2D eigenvalue weighted by atomic mass is 9.83. The molecule has 1 heterocycles. The van der Waals surface area contributed by atoms with Crippen molar-refractivity contribution in [3.05, 3.63) is 64.7 Å². The zero-order valence-electron chi connectivity index (χ0n) is 21.1. The molecule has 4 rings (SSSR count). The van der Waals surface area contributed by atoms with Gasteiger partial charge in [-0.2, -0.15) is 0 Å². The van der Waals surface area contributed by atoms with Gasteiger partial charge in [0.1, 0.15) is 23.2 Å². The molecule has 0 saturated heterocycles. The topological polar surface area (TPSA) is 249 Å². The molecule has 11 N–H and O–H groups in total. The van der Waals surface area contributed by atoms with Gasteiger partial charge in [0.25, 0.3) is 0 Å². The highest BCUT2D eigenvalue weighted by Gasteiger charge is 2.31. The number of aliphatic carboxylic acids is 2. The quantitative estimate of drug-likeness (QED) is 0.110. The number of phenolic OH excluding ortho intramolecular Hbond substituents is 2. The number of urea groups is 1. The minimum Gasteiger partial charge on any atom is -0.507 e. The number of benzene rings is 3. The van der Waals surface area contributed by atoms with Gasteiger partial charge in [-0.05, 0) is 54.4 Å². The molecule has 0 aliphatic rings. The number of hydrogen-bond acceptors (Lipinski definition) is 7. The summed E-state index contributed by atoms with van der Waals surface area (Å²) >= 11 is 0. The van der Waals surface area contributed by atoms with Crippen LogP contribution < -0.4 is 16.8 Å². The van der Waals surface area contributed by atoms with E-state index in [1.54, 1.807) is 37.3 Å². The fraction of sp³-hybridized carbons (Fsp3) is 0.148. The first-order valence-electron chi connectivity index (χ1n) is 11.9. The summed E-state index contributed by atoms with van der Waals surface area (Å²) in [5.41, 5.74) is 12.9. The molecule has 0 radical (unpaired) electrons. The minimum atomic E-state index is -1.61. The third-order valence-electron chi connectivity index (χ3n) is 6.40. The number of carbonyl (C=O) groups excluding carboxylic acids is 1. The van der Waals surface area contributed by atoms with Gasteiger partial charge >= 0.3 is 18.0 Å². The Morgan fingerprint density at radius 2 is 1.77 bits per heavy atom. The van der Waals surface area contributed by atoms with Crippen molar-refractivity contribution in [1.82, 2.24) is 15.3 Å². The number of amides is 2. The summed E-state index contributed by atoms with van der Waals surface area (Å²) in [6, 6.07) is 9.67. The number of aryl methyl sites for hydroxylation is 1. The highest BCUT2D eigenvalue weighted by Crippen LogP contribution is 2.47. The zero-order chi connectivity index (χ0) is 29.3. The van der Waals surface area contributed by atoms with E-state index >= 15 is 0 Å². The number of carbonyl (C=O) groups is 3. The van der Waals surface area contributed by atoms with E-state index in [9.17, 15) is 34.8 Å². The molecule has 1 unspecified atom stereocenters. The standard InChI is InChI=1S/C27H26N6O7/c1-11-2-5-20(34)15(6-11)22-17(10-31-27(30)40)13(14(26(38)39)9-21(35)36)8-16(23(22)37)25-32-18-4-3-12(24(28)29)7-19(18)33-25/h2-8,14,34,37H,9-10H2,1H3,(H3,28,29)(H,32,33)(H,35,36)(H,38,39)(H3,30,31,40). The lowest BCUT2D eigenvalue weighted by Crippen LogP contribution is -2.30. The number of aromatic hydroxyl groups is 2. The van der Waals surface area contributed by atoms with Crippen molar-refractivity contribution in [3.63, 3.8) is 0 Å². The Kier molecular flexibility index (Phi) is 7.31. The van der Waals surface area contributed by atoms with Crippen molar-refractivity contribution in [2.24, 2.45) is 11.5 Å². The Hall–Kier alpha value is -5.59. The van der Waals surface area contributed by atoms with Crippen LogP contribution in [0.25, 0.3) is 33.5 Å². The van der Waals surface area contributed by atoms with Crippen LogP contribution in [0.15, 0.2) is 42.5 Å². The van der Waals surface area contributed by atoms with Crippen LogP contribution in [0.5, 0.6) is 11.5 Å². The number of imidazole rings is 1. The van der Waals surface area contributed by atoms with Crippen LogP contribution >= 0.6 is 0 Å². The van der Waals surface area contributed by atoms with Gasteiger partial charge in [0.2, 0.25) is 0 Å². The molecule has 206 valence electrons. The highest BCUT2D eigenvalue weighted by molar-refractivity contribution is 5.98. The summed E-state index contributed by atoms with van der Waals surface area (Å²) in [7, 11) is 0. The van der Waals surface area contributed by atoms with Crippen LogP contribution in [0.3, 0.4) is 0 Å². The van der Waals surface area contributed by atoms with Crippen LogP contribution in [0.2, 0.25) is 0 Å². The maximum atomic E-state index is 12.3. The van der Waals surface area contributed by atoms with E-state index in [0.717, 1.165) is 0 Å². The summed E-state index contributed by atoms with van der Waals surface area (Å²) < 4.78 is 0. The molecular formula is C27H26N6O7. The smallest absolute Gasteiger partial charge is 0.312 e. The van der Waals surface area contributed by atoms with Crippen LogP contribution in [0.1, 0.15) is 34.6 Å². The van der Waals surface area contributed by atoms with Crippen molar-refractivity contribution in [2.75, 3.05) is 0 Å². The fourth-order valence-corrected chi connectivity index (χ4v) is 4.54. The number of fused-ring (bicyclic) bond motifs is 1. The second-order valence-corrected chi connectivity index (χ2v) is 9.17. The maximum absolute atomic E-state index is 12.3. The molecule has 13 heteroatoms. The number of H-pyrrole nitrogens is 1. The number of carboxylic acid groups (broad SMARTS) is 2. The normalized spacial score (nSPS) is 11.7. The largest absolute Gasteiger partial charge is 0.507 e.